The van der Waals surface area contributed by atoms with Crippen LogP contribution in [-0.4, -0.2) is 70.4 Å². The number of methoxy groups -OCH3 is 2. The molecule has 4 atom stereocenters. The fourth-order valence-electron chi connectivity index (χ4n) is 6.24. The number of aromatic nitrogens is 4. The van der Waals surface area contributed by atoms with Crippen LogP contribution in [0.25, 0.3) is 11.2 Å². The number of imidazole rings is 1. The maximum Gasteiger partial charge on any atom is 0.280 e. The summed E-state index contributed by atoms with van der Waals surface area (Å²) in [5.41, 5.74) is 7.19. The van der Waals surface area contributed by atoms with Gasteiger partial charge in [-0.25, -0.2) is 4.98 Å². The molecule has 0 radical (unpaired) electrons. The molecule has 3 heterocycles. The minimum Gasteiger partial charge on any atom is -0.497 e. The van der Waals surface area contributed by atoms with Crippen molar-refractivity contribution in [1.29, 1.82) is 0 Å². The molecule has 0 aliphatic carbocycles. The van der Waals surface area contributed by atoms with Crippen LogP contribution >= 0.6 is 0 Å². The number of nitrogens with one attached hydrogen (secondary N) is 1. The standard InChI is InChI=1S/C36H41N5O7/c1-4-5-9-20-46-31-30(42)28(48-34(31)41-22-38-29-32(41)39-35(37)40-33(29)43)21-47-36(23-10-7-6-8-11-23,24-12-16-26(44-2)17-13-24)25-14-18-27(45-3)19-15-25/h6-8,10-19,22,28,30-31,34,42H,4-5,9,20-21H2,1-3H3,(H3,37,39,40,43)/t28-,30-,31-,34-/m1/s1. The van der Waals surface area contributed by atoms with E-state index in [1.165, 1.54) is 6.33 Å². The molecule has 0 amide bonds. The first-order chi connectivity index (χ1) is 23.4. The molecular formula is C36H41N5O7. The average molecular weight is 656 g/mol. The van der Waals surface area contributed by atoms with E-state index in [0.29, 0.717) is 18.1 Å². The number of ether oxygens (including phenoxy) is 5. The van der Waals surface area contributed by atoms with Gasteiger partial charge in [0.2, 0.25) is 5.95 Å². The zero-order chi connectivity index (χ0) is 33.7. The largest absolute Gasteiger partial charge is 0.497 e. The zero-order valence-electron chi connectivity index (χ0n) is 27.2. The molecule has 48 heavy (non-hydrogen) atoms. The molecule has 1 aliphatic heterocycles. The first kappa shape index (κ1) is 33.2. The molecule has 2 aromatic heterocycles. The van der Waals surface area contributed by atoms with Gasteiger partial charge in [-0.3, -0.25) is 14.3 Å². The maximum absolute atomic E-state index is 12.6. The number of nitrogens with two attached hydrogens (primary N) is 1. The maximum atomic E-state index is 12.6. The number of nitrogen functional groups attached to an aromatic ring is 1. The summed E-state index contributed by atoms with van der Waals surface area (Å²) in [7, 11) is 3.25. The van der Waals surface area contributed by atoms with E-state index in [1.54, 1.807) is 18.8 Å². The van der Waals surface area contributed by atoms with E-state index < -0.39 is 35.7 Å². The van der Waals surface area contributed by atoms with E-state index in [2.05, 4.69) is 21.9 Å². The number of nitrogens with zero attached hydrogens (tertiary/aromatic N) is 3. The van der Waals surface area contributed by atoms with Crippen LogP contribution in [0.4, 0.5) is 5.95 Å². The van der Waals surface area contributed by atoms with E-state index in [0.717, 1.165) is 36.0 Å². The highest BCUT2D eigenvalue weighted by molar-refractivity contribution is 5.70. The molecule has 4 N–H and O–H groups in total. The summed E-state index contributed by atoms with van der Waals surface area (Å²) >= 11 is 0. The Morgan fingerprint density at radius 1 is 0.938 bits per heavy atom. The van der Waals surface area contributed by atoms with Gasteiger partial charge in [0, 0.05) is 6.61 Å². The Balaban J connectivity index is 1.40. The molecule has 6 rings (SSSR count). The van der Waals surface area contributed by atoms with E-state index in [1.807, 2.05) is 78.9 Å². The third-order valence-electron chi connectivity index (χ3n) is 8.73. The van der Waals surface area contributed by atoms with Crippen LogP contribution in [0.5, 0.6) is 11.5 Å². The topological polar surface area (TPSA) is 156 Å². The van der Waals surface area contributed by atoms with Gasteiger partial charge in [-0.05, 0) is 47.4 Å². The highest BCUT2D eigenvalue weighted by atomic mass is 16.6. The molecule has 0 unspecified atom stereocenters. The number of hydrogen-bond acceptors (Lipinski definition) is 10. The number of unbranched alkanes of at least 4 members (excludes halogenated alkanes) is 2. The van der Waals surface area contributed by atoms with Crippen molar-refractivity contribution in [3.8, 4) is 11.5 Å². The number of rotatable bonds is 14. The molecule has 1 saturated heterocycles. The van der Waals surface area contributed by atoms with E-state index in [-0.39, 0.29) is 23.7 Å². The first-order valence-corrected chi connectivity index (χ1v) is 16.1. The monoisotopic (exact) mass is 655 g/mol. The van der Waals surface area contributed by atoms with Gasteiger partial charge < -0.3 is 34.5 Å². The number of H-pyrrole nitrogens is 1. The van der Waals surface area contributed by atoms with Gasteiger partial charge in [-0.1, -0.05) is 74.4 Å². The van der Waals surface area contributed by atoms with Crippen molar-refractivity contribution in [2.45, 2.75) is 56.3 Å². The van der Waals surface area contributed by atoms with Crippen LogP contribution in [0.3, 0.4) is 0 Å². The molecular weight excluding hydrogens is 614 g/mol. The summed E-state index contributed by atoms with van der Waals surface area (Å²) in [5.74, 6) is 1.35. The van der Waals surface area contributed by atoms with Gasteiger partial charge >= 0.3 is 0 Å². The molecule has 3 aromatic carbocycles. The molecule has 252 valence electrons. The lowest BCUT2D eigenvalue weighted by Gasteiger charge is -2.37. The van der Waals surface area contributed by atoms with Crippen LogP contribution in [0.15, 0.2) is 90.0 Å². The number of benzene rings is 3. The van der Waals surface area contributed by atoms with Crippen molar-refractivity contribution in [2.24, 2.45) is 0 Å². The number of aliphatic hydroxyl groups is 1. The predicted octanol–water partition coefficient (Wildman–Crippen LogP) is 4.56. The Bertz CT molecular complexity index is 1800. The summed E-state index contributed by atoms with van der Waals surface area (Å²) in [5, 5.41) is 11.8. The Labute approximate surface area is 278 Å². The molecule has 5 aromatic rings. The van der Waals surface area contributed by atoms with Gasteiger partial charge in [-0.2, -0.15) is 4.98 Å². The molecule has 12 nitrogen and oxygen atoms in total. The van der Waals surface area contributed by atoms with Crippen LogP contribution in [0.1, 0.15) is 49.1 Å². The fraction of sp³-hybridized carbons (Fsp3) is 0.361. The molecule has 0 saturated carbocycles. The second-order valence-corrected chi connectivity index (χ2v) is 11.7. The number of hydrogen-bond donors (Lipinski definition) is 3. The molecule has 0 bridgehead atoms. The summed E-state index contributed by atoms with van der Waals surface area (Å²) in [6.07, 6.45) is 0.685. The molecule has 12 heteroatoms. The highest BCUT2D eigenvalue weighted by Gasteiger charge is 2.48. The van der Waals surface area contributed by atoms with Crippen LogP contribution in [-0.2, 0) is 19.8 Å². The van der Waals surface area contributed by atoms with Crippen molar-refractivity contribution >= 4 is 17.1 Å². The van der Waals surface area contributed by atoms with Crippen LogP contribution in [0.2, 0.25) is 0 Å². The molecule has 0 spiro atoms. The van der Waals surface area contributed by atoms with Gasteiger partial charge in [0.05, 0.1) is 27.2 Å². The molecule has 1 fully saturated rings. The highest BCUT2D eigenvalue weighted by Crippen LogP contribution is 2.43. The Hall–Kier alpha value is -4.75. The lowest BCUT2D eigenvalue weighted by atomic mass is 9.80. The van der Waals surface area contributed by atoms with Crippen LogP contribution < -0.4 is 20.8 Å². The van der Waals surface area contributed by atoms with Crippen molar-refractivity contribution in [2.75, 3.05) is 33.2 Å². The van der Waals surface area contributed by atoms with Gasteiger partial charge in [0.25, 0.3) is 5.56 Å². The summed E-state index contributed by atoms with van der Waals surface area (Å²) in [6.45, 7) is 2.50. The lowest BCUT2D eigenvalue weighted by molar-refractivity contribution is -0.0960. The minimum atomic E-state index is -1.12. The van der Waals surface area contributed by atoms with Crippen molar-refractivity contribution in [3.05, 3.63) is 112 Å². The van der Waals surface area contributed by atoms with Gasteiger partial charge in [0.15, 0.2) is 17.4 Å². The quantitative estimate of drug-likeness (QED) is 0.115. The Morgan fingerprint density at radius 3 is 2.17 bits per heavy atom. The summed E-state index contributed by atoms with van der Waals surface area (Å²) in [4.78, 5) is 23.6. The SMILES string of the molecule is CCCCCO[C@@H]1[C@H](O)[C@@H](COC(c2ccccc2)(c2ccc(OC)cc2)c2ccc(OC)cc2)O[C@H]1n1cnc2c(=O)[nH]c(N)nc21. The van der Waals surface area contributed by atoms with E-state index in [9.17, 15) is 9.90 Å². The zero-order valence-corrected chi connectivity index (χ0v) is 27.2. The Morgan fingerprint density at radius 2 is 1.56 bits per heavy atom. The van der Waals surface area contributed by atoms with Gasteiger partial charge in [0.1, 0.15) is 35.4 Å². The van der Waals surface area contributed by atoms with Gasteiger partial charge in [-0.15, -0.1) is 0 Å². The number of aliphatic hydroxyl groups excluding tert-OH is 1. The van der Waals surface area contributed by atoms with Crippen molar-refractivity contribution in [1.82, 2.24) is 19.5 Å². The third-order valence-corrected chi connectivity index (χ3v) is 8.73. The second kappa shape index (κ2) is 14.6. The Kier molecular flexibility index (Phi) is 10.1. The second-order valence-electron chi connectivity index (χ2n) is 11.7. The molecule has 1 aliphatic rings. The summed E-state index contributed by atoms with van der Waals surface area (Å²) in [6, 6.07) is 25.3. The number of aromatic amines is 1. The normalized spacial score (nSPS) is 19.5. The minimum absolute atomic E-state index is 0.0256. The van der Waals surface area contributed by atoms with E-state index in [4.69, 9.17) is 29.4 Å². The summed E-state index contributed by atoms with van der Waals surface area (Å²) < 4.78 is 32.4. The average Bonchev–Trinajstić information content (AvgIpc) is 3.68. The first-order valence-electron chi connectivity index (χ1n) is 16.1. The van der Waals surface area contributed by atoms with E-state index >= 15 is 0 Å². The number of fused-ring (bicyclic) bond motifs is 1. The van der Waals surface area contributed by atoms with Crippen molar-refractivity contribution in [3.63, 3.8) is 0 Å². The predicted molar refractivity (Wildman–Crippen MR) is 180 cm³/mol. The van der Waals surface area contributed by atoms with Crippen LogP contribution in [0, 0.1) is 0 Å². The third kappa shape index (κ3) is 6.39. The smallest absolute Gasteiger partial charge is 0.280 e. The number of anilines is 1. The lowest BCUT2D eigenvalue weighted by Crippen LogP contribution is -2.40. The van der Waals surface area contributed by atoms with Crippen molar-refractivity contribution < 1.29 is 28.8 Å². The fourth-order valence-corrected chi connectivity index (χ4v) is 6.24.